The van der Waals surface area contributed by atoms with Gasteiger partial charge in [0.25, 0.3) is 5.91 Å². The highest BCUT2D eigenvalue weighted by Crippen LogP contribution is 2.17. The molecule has 1 heterocycles. The van der Waals surface area contributed by atoms with Gasteiger partial charge in [-0.3, -0.25) is 4.79 Å². The van der Waals surface area contributed by atoms with E-state index < -0.39 is 0 Å². The van der Waals surface area contributed by atoms with Crippen LogP contribution < -0.4 is 16.0 Å². The van der Waals surface area contributed by atoms with Gasteiger partial charge >= 0.3 is 0 Å². The molecule has 5 heteroatoms. The van der Waals surface area contributed by atoms with Gasteiger partial charge in [-0.15, -0.1) is 0 Å². The summed E-state index contributed by atoms with van der Waals surface area (Å²) in [7, 11) is 3.89. The average Bonchev–Trinajstić information content (AvgIpc) is 2.39. The molecule has 0 atom stereocenters. The van der Waals surface area contributed by atoms with E-state index in [9.17, 15) is 4.79 Å². The van der Waals surface area contributed by atoms with Gasteiger partial charge in [0.15, 0.2) is 0 Å². The van der Waals surface area contributed by atoms with Crippen LogP contribution in [-0.2, 0) is 0 Å². The largest absolute Gasteiger partial charge is 0.384 e. The summed E-state index contributed by atoms with van der Waals surface area (Å²) in [4.78, 5) is 18.0. The van der Waals surface area contributed by atoms with E-state index in [2.05, 4.69) is 10.3 Å². The molecular formula is C14H16N4O. The van der Waals surface area contributed by atoms with Crippen LogP contribution in [0.5, 0.6) is 0 Å². The third-order valence-electron chi connectivity index (χ3n) is 2.62. The lowest BCUT2D eigenvalue weighted by Crippen LogP contribution is -2.15. The molecule has 0 unspecified atom stereocenters. The predicted molar refractivity (Wildman–Crippen MR) is 77.4 cm³/mol. The Morgan fingerprint density at radius 2 is 1.95 bits per heavy atom. The molecule has 0 fully saturated rings. The number of benzene rings is 1. The SMILES string of the molecule is CN(C)c1cccc(NC(=O)c2cccc(N)n2)c1. The zero-order valence-corrected chi connectivity index (χ0v) is 10.9. The van der Waals surface area contributed by atoms with Crippen molar-refractivity contribution < 1.29 is 4.79 Å². The van der Waals surface area contributed by atoms with Crippen LogP contribution in [0.4, 0.5) is 17.2 Å². The third-order valence-corrected chi connectivity index (χ3v) is 2.62. The summed E-state index contributed by atoms with van der Waals surface area (Å²) in [5.41, 5.74) is 7.59. The highest BCUT2D eigenvalue weighted by molar-refractivity contribution is 6.03. The molecule has 5 nitrogen and oxygen atoms in total. The molecule has 0 radical (unpaired) electrons. The number of hydrogen-bond acceptors (Lipinski definition) is 4. The lowest BCUT2D eigenvalue weighted by molar-refractivity contribution is 0.102. The molecule has 0 aliphatic carbocycles. The number of nitrogens with two attached hydrogens (primary N) is 1. The van der Waals surface area contributed by atoms with Crippen molar-refractivity contribution in [2.24, 2.45) is 0 Å². The maximum absolute atomic E-state index is 12.0. The van der Waals surface area contributed by atoms with E-state index in [-0.39, 0.29) is 5.91 Å². The van der Waals surface area contributed by atoms with Crippen LogP contribution in [-0.4, -0.2) is 25.0 Å². The minimum Gasteiger partial charge on any atom is -0.384 e. The fraction of sp³-hybridized carbons (Fsp3) is 0.143. The van der Waals surface area contributed by atoms with E-state index in [1.54, 1.807) is 18.2 Å². The van der Waals surface area contributed by atoms with Gasteiger partial charge in [0.2, 0.25) is 0 Å². The second-order valence-electron chi connectivity index (χ2n) is 4.35. The Bertz CT molecular complexity index is 596. The summed E-state index contributed by atoms with van der Waals surface area (Å²) in [5, 5.41) is 2.80. The molecule has 0 aliphatic heterocycles. The Kier molecular flexibility index (Phi) is 3.66. The Morgan fingerprint density at radius 1 is 1.21 bits per heavy atom. The summed E-state index contributed by atoms with van der Waals surface area (Å²) in [6.45, 7) is 0. The molecule has 0 saturated heterocycles. The molecule has 2 rings (SSSR count). The zero-order valence-electron chi connectivity index (χ0n) is 10.9. The van der Waals surface area contributed by atoms with E-state index in [1.807, 2.05) is 43.3 Å². The fourth-order valence-electron chi connectivity index (χ4n) is 1.63. The van der Waals surface area contributed by atoms with Gasteiger partial charge in [-0.25, -0.2) is 4.98 Å². The smallest absolute Gasteiger partial charge is 0.274 e. The number of nitrogen functional groups attached to an aromatic ring is 1. The minimum atomic E-state index is -0.275. The highest BCUT2D eigenvalue weighted by atomic mass is 16.1. The molecule has 0 bridgehead atoms. The molecule has 3 N–H and O–H groups in total. The van der Waals surface area contributed by atoms with E-state index in [0.29, 0.717) is 11.5 Å². The first-order valence-corrected chi connectivity index (χ1v) is 5.87. The van der Waals surface area contributed by atoms with Gasteiger partial charge in [-0.1, -0.05) is 12.1 Å². The van der Waals surface area contributed by atoms with Crippen molar-refractivity contribution >= 4 is 23.1 Å². The molecule has 1 amide bonds. The molecule has 0 aliphatic rings. The Morgan fingerprint density at radius 3 is 2.63 bits per heavy atom. The number of carbonyl (C=O) groups is 1. The summed E-state index contributed by atoms with van der Waals surface area (Å²) in [5.74, 6) is 0.0536. The van der Waals surface area contributed by atoms with Gasteiger partial charge < -0.3 is 16.0 Å². The molecule has 1 aromatic heterocycles. The summed E-state index contributed by atoms with van der Waals surface area (Å²) < 4.78 is 0. The highest BCUT2D eigenvalue weighted by Gasteiger charge is 2.08. The molecule has 0 spiro atoms. The van der Waals surface area contributed by atoms with Crippen LogP contribution in [0.2, 0.25) is 0 Å². The van der Waals surface area contributed by atoms with Crippen LogP contribution in [0, 0.1) is 0 Å². The third kappa shape index (κ3) is 3.22. The first-order valence-electron chi connectivity index (χ1n) is 5.87. The van der Waals surface area contributed by atoms with Crippen LogP contribution in [0.25, 0.3) is 0 Å². The van der Waals surface area contributed by atoms with E-state index in [4.69, 9.17) is 5.73 Å². The monoisotopic (exact) mass is 256 g/mol. The Labute approximate surface area is 112 Å². The first kappa shape index (κ1) is 12.9. The van der Waals surface area contributed by atoms with Crippen LogP contribution in [0.1, 0.15) is 10.5 Å². The van der Waals surface area contributed by atoms with Gasteiger partial charge in [-0.05, 0) is 30.3 Å². The van der Waals surface area contributed by atoms with Crippen molar-refractivity contribution in [2.45, 2.75) is 0 Å². The predicted octanol–water partition coefficient (Wildman–Crippen LogP) is 1.98. The van der Waals surface area contributed by atoms with Crippen molar-refractivity contribution in [3.63, 3.8) is 0 Å². The van der Waals surface area contributed by atoms with Gasteiger partial charge in [0, 0.05) is 25.5 Å². The minimum absolute atomic E-state index is 0.275. The lowest BCUT2D eigenvalue weighted by Gasteiger charge is -2.13. The van der Waals surface area contributed by atoms with Crippen LogP contribution >= 0.6 is 0 Å². The first-order chi connectivity index (χ1) is 9.06. The Balaban J connectivity index is 2.17. The number of amides is 1. The van der Waals surface area contributed by atoms with Gasteiger partial charge in [0.1, 0.15) is 11.5 Å². The van der Waals surface area contributed by atoms with Crippen molar-refractivity contribution in [1.29, 1.82) is 0 Å². The molecule has 19 heavy (non-hydrogen) atoms. The number of pyridine rings is 1. The van der Waals surface area contributed by atoms with Crippen molar-refractivity contribution in [2.75, 3.05) is 30.0 Å². The number of carbonyl (C=O) groups excluding carboxylic acids is 1. The normalized spacial score (nSPS) is 10.0. The second kappa shape index (κ2) is 5.39. The zero-order chi connectivity index (χ0) is 13.8. The Hall–Kier alpha value is -2.56. The number of aromatic nitrogens is 1. The number of anilines is 3. The van der Waals surface area contributed by atoms with Crippen LogP contribution in [0.3, 0.4) is 0 Å². The van der Waals surface area contributed by atoms with Crippen molar-refractivity contribution in [1.82, 2.24) is 4.98 Å². The molecule has 2 aromatic rings. The standard InChI is InChI=1S/C14H16N4O/c1-18(2)11-6-3-5-10(9-11)16-14(19)12-7-4-8-13(15)17-12/h3-9H,1-2H3,(H2,15,17)(H,16,19). The topological polar surface area (TPSA) is 71.2 Å². The summed E-state index contributed by atoms with van der Waals surface area (Å²) in [6, 6.07) is 12.5. The molecular weight excluding hydrogens is 240 g/mol. The van der Waals surface area contributed by atoms with Gasteiger partial charge in [-0.2, -0.15) is 0 Å². The molecule has 0 saturated carbocycles. The maximum Gasteiger partial charge on any atom is 0.274 e. The lowest BCUT2D eigenvalue weighted by atomic mass is 10.2. The summed E-state index contributed by atoms with van der Waals surface area (Å²) >= 11 is 0. The van der Waals surface area contributed by atoms with E-state index in [0.717, 1.165) is 11.4 Å². The fourth-order valence-corrected chi connectivity index (χ4v) is 1.63. The number of rotatable bonds is 3. The quantitative estimate of drug-likeness (QED) is 0.881. The van der Waals surface area contributed by atoms with Crippen molar-refractivity contribution in [3.8, 4) is 0 Å². The summed E-state index contributed by atoms with van der Waals surface area (Å²) in [6.07, 6.45) is 0. The van der Waals surface area contributed by atoms with Gasteiger partial charge in [0.05, 0.1) is 0 Å². The number of hydrogen-bond donors (Lipinski definition) is 2. The molecule has 1 aromatic carbocycles. The van der Waals surface area contributed by atoms with Crippen LogP contribution in [0.15, 0.2) is 42.5 Å². The molecule has 98 valence electrons. The average molecular weight is 256 g/mol. The van der Waals surface area contributed by atoms with Crippen molar-refractivity contribution in [3.05, 3.63) is 48.2 Å². The van der Waals surface area contributed by atoms with E-state index in [1.165, 1.54) is 0 Å². The maximum atomic E-state index is 12.0. The number of nitrogens with zero attached hydrogens (tertiary/aromatic N) is 2. The second-order valence-corrected chi connectivity index (χ2v) is 4.35. The van der Waals surface area contributed by atoms with E-state index >= 15 is 0 Å². The number of nitrogens with one attached hydrogen (secondary N) is 1.